The van der Waals surface area contributed by atoms with Gasteiger partial charge < -0.3 is 15.7 Å². The summed E-state index contributed by atoms with van der Waals surface area (Å²) in [7, 11) is 0. The number of aromatic carboxylic acids is 1. The summed E-state index contributed by atoms with van der Waals surface area (Å²) in [6, 6.07) is 4.86. The van der Waals surface area contributed by atoms with Crippen LogP contribution in [0.1, 0.15) is 37.0 Å². The van der Waals surface area contributed by atoms with Crippen molar-refractivity contribution in [3.8, 4) is 0 Å². The predicted molar refractivity (Wildman–Crippen MR) is 70.6 cm³/mol. The molecule has 0 unspecified atom stereocenters. The molecule has 0 spiro atoms. The number of nitrogen functional groups attached to an aromatic ring is 1. The number of carboxylic acid groups (broad SMARTS) is 1. The molecule has 4 nitrogen and oxygen atoms in total. The SMILES string of the molecule is CCCN(CCC)c1cc(C(=O)O)ccc1N. The standard InChI is InChI=1S/C13H20N2O2/c1-3-7-15(8-4-2)12-9-10(13(16)17)5-6-11(12)14/h5-6,9H,3-4,7-8,14H2,1-2H3,(H,16,17). The molecule has 94 valence electrons. The minimum atomic E-state index is -0.917. The first-order chi connectivity index (χ1) is 8.10. The fourth-order valence-electron chi connectivity index (χ4n) is 1.84. The Bertz CT molecular complexity index is 385. The fourth-order valence-corrected chi connectivity index (χ4v) is 1.84. The van der Waals surface area contributed by atoms with Gasteiger partial charge in [-0.15, -0.1) is 0 Å². The number of carbonyl (C=O) groups is 1. The molecule has 0 fully saturated rings. The molecule has 0 aliphatic heterocycles. The molecule has 0 saturated carbocycles. The molecule has 3 N–H and O–H groups in total. The van der Waals surface area contributed by atoms with E-state index < -0.39 is 5.97 Å². The van der Waals surface area contributed by atoms with Gasteiger partial charge in [0.15, 0.2) is 0 Å². The highest BCUT2D eigenvalue weighted by Crippen LogP contribution is 2.25. The molecule has 0 amide bonds. The summed E-state index contributed by atoms with van der Waals surface area (Å²) >= 11 is 0. The van der Waals surface area contributed by atoms with Crippen LogP contribution < -0.4 is 10.6 Å². The summed E-state index contributed by atoms with van der Waals surface area (Å²) in [5.41, 5.74) is 7.66. The van der Waals surface area contributed by atoms with Crippen molar-refractivity contribution in [3.63, 3.8) is 0 Å². The van der Waals surface area contributed by atoms with Crippen LogP contribution in [0.5, 0.6) is 0 Å². The van der Waals surface area contributed by atoms with Crippen molar-refractivity contribution in [3.05, 3.63) is 23.8 Å². The molecule has 0 aromatic heterocycles. The number of nitrogens with two attached hydrogens (primary N) is 1. The van der Waals surface area contributed by atoms with Crippen LogP contribution in [0.25, 0.3) is 0 Å². The van der Waals surface area contributed by atoms with Gasteiger partial charge in [-0.2, -0.15) is 0 Å². The second kappa shape index (κ2) is 6.13. The molecule has 17 heavy (non-hydrogen) atoms. The van der Waals surface area contributed by atoms with Crippen LogP contribution in [-0.4, -0.2) is 24.2 Å². The Kier molecular flexibility index (Phi) is 4.82. The van der Waals surface area contributed by atoms with Crippen LogP contribution in [0.2, 0.25) is 0 Å². The van der Waals surface area contributed by atoms with Crippen molar-refractivity contribution >= 4 is 17.3 Å². The lowest BCUT2D eigenvalue weighted by atomic mass is 10.1. The first-order valence-electron chi connectivity index (χ1n) is 5.97. The minimum absolute atomic E-state index is 0.284. The van der Waals surface area contributed by atoms with Gasteiger partial charge in [0.05, 0.1) is 16.9 Å². The van der Waals surface area contributed by atoms with Gasteiger partial charge in [0.2, 0.25) is 0 Å². The van der Waals surface area contributed by atoms with E-state index in [2.05, 4.69) is 18.7 Å². The smallest absolute Gasteiger partial charge is 0.335 e. The van der Waals surface area contributed by atoms with Crippen LogP contribution >= 0.6 is 0 Å². The third-order valence-electron chi connectivity index (χ3n) is 2.61. The van der Waals surface area contributed by atoms with Crippen LogP contribution in [0.4, 0.5) is 11.4 Å². The molecule has 0 aliphatic carbocycles. The lowest BCUT2D eigenvalue weighted by Crippen LogP contribution is -2.26. The van der Waals surface area contributed by atoms with Crippen LogP contribution in [0.15, 0.2) is 18.2 Å². The fraction of sp³-hybridized carbons (Fsp3) is 0.462. The number of anilines is 2. The third kappa shape index (κ3) is 3.37. The van der Waals surface area contributed by atoms with Crippen molar-refractivity contribution < 1.29 is 9.90 Å². The van der Waals surface area contributed by atoms with Gasteiger partial charge in [-0.05, 0) is 31.0 Å². The molecule has 0 saturated heterocycles. The average molecular weight is 236 g/mol. The number of carboxylic acids is 1. The highest BCUT2D eigenvalue weighted by Gasteiger charge is 2.11. The van der Waals surface area contributed by atoms with Gasteiger partial charge in [0.1, 0.15) is 0 Å². The van der Waals surface area contributed by atoms with E-state index in [0.29, 0.717) is 5.69 Å². The van der Waals surface area contributed by atoms with Gasteiger partial charge in [-0.3, -0.25) is 0 Å². The number of nitrogens with zero attached hydrogens (tertiary/aromatic N) is 1. The van der Waals surface area contributed by atoms with Crippen molar-refractivity contribution in [2.45, 2.75) is 26.7 Å². The largest absolute Gasteiger partial charge is 0.478 e. The molecular weight excluding hydrogens is 216 g/mol. The molecule has 1 aromatic rings. The van der Waals surface area contributed by atoms with E-state index in [0.717, 1.165) is 31.6 Å². The summed E-state index contributed by atoms with van der Waals surface area (Å²) in [4.78, 5) is 13.1. The molecule has 0 radical (unpaired) electrons. The van der Waals surface area contributed by atoms with Gasteiger partial charge in [0, 0.05) is 13.1 Å². The zero-order valence-electron chi connectivity index (χ0n) is 10.4. The van der Waals surface area contributed by atoms with E-state index in [1.165, 1.54) is 6.07 Å². The van der Waals surface area contributed by atoms with E-state index in [4.69, 9.17) is 10.8 Å². The topological polar surface area (TPSA) is 66.6 Å². The van der Waals surface area contributed by atoms with Crippen LogP contribution in [0.3, 0.4) is 0 Å². The molecule has 1 aromatic carbocycles. The van der Waals surface area contributed by atoms with Crippen molar-refractivity contribution in [2.24, 2.45) is 0 Å². The average Bonchev–Trinajstić information content (AvgIpc) is 2.29. The minimum Gasteiger partial charge on any atom is -0.478 e. The zero-order chi connectivity index (χ0) is 12.8. The van der Waals surface area contributed by atoms with E-state index in [-0.39, 0.29) is 5.56 Å². The van der Waals surface area contributed by atoms with Gasteiger partial charge in [-0.1, -0.05) is 13.8 Å². The second-order valence-corrected chi connectivity index (χ2v) is 4.07. The quantitative estimate of drug-likeness (QED) is 0.745. The summed E-state index contributed by atoms with van der Waals surface area (Å²) in [6.07, 6.45) is 2.02. The highest BCUT2D eigenvalue weighted by atomic mass is 16.4. The predicted octanol–water partition coefficient (Wildman–Crippen LogP) is 2.59. The maximum Gasteiger partial charge on any atom is 0.335 e. The lowest BCUT2D eigenvalue weighted by molar-refractivity contribution is 0.0697. The number of hydrogen-bond acceptors (Lipinski definition) is 3. The normalized spacial score (nSPS) is 10.2. The maximum absolute atomic E-state index is 10.9. The van der Waals surface area contributed by atoms with Crippen molar-refractivity contribution in [1.29, 1.82) is 0 Å². The lowest BCUT2D eigenvalue weighted by Gasteiger charge is -2.25. The summed E-state index contributed by atoms with van der Waals surface area (Å²) < 4.78 is 0. The molecule has 4 heteroatoms. The van der Waals surface area contributed by atoms with Gasteiger partial charge in [0.25, 0.3) is 0 Å². The summed E-state index contributed by atoms with van der Waals surface area (Å²) in [6.45, 7) is 5.97. The molecule has 0 aliphatic rings. The molecular formula is C13H20N2O2. The number of rotatable bonds is 6. The Hall–Kier alpha value is -1.71. The molecule has 1 rings (SSSR count). The van der Waals surface area contributed by atoms with Crippen molar-refractivity contribution in [2.75, 3.05) is 23.7 Å². The van der Waals surface area contributed by atoms with Crippen molar-refractivity contribution in [1.82, 2.24) is 0 Å². The Labute approximate surface area is 102 Å². The van der Waals surface area contributed by atoms with Crippen LogP contribution in [0, 0.1) is 0 Å². The third-order valence-corrected chi connectivity index (χ3v) is 2.61. The summed E-state index contributed by atoms with van der Waals surface area (Å²) in [5.74, 6) is -0.917. The molecule has 0 atom stereocenters. The first-order valence-corrected chi connectivity index (χ1v) is 5.97. The maximum atomic E-state index is 10.9. The van der Waals surface area contributed by atoms with Gasteiger partial charge in [-0.25, -0.2) is 4.79 Å². The Morgan fingerprint density at radius 2 is 1.88 bits per heavy atom. The molecule has 0 heterocycles. The first kappa shape index (κ1) is 13.4. The van der Waals surface area contributed by atoms with E-state index in [1.54, 1.807) is 12.1 Å². The second-order valence-electron chi connectivity index (χ2n) is 4.07. The van der Waals surface area contributed by atoms with E-state index >= 15 is 0 Å². The Morgan fingerprint density at radius 3 is 2.35 bits per heavy atom. The highest BCUT2D eigenvalue weighted by molar-refractivity contribution is 5.90. The van der Waals surface area contributed by atoms with Crippen LogP contribution in [-0.2, 0) is 0 Å². The Balaban J connectivity index is 3.07. The monoisotopic (exact) mass is 236 g/mol. The van der Waals surface area contributed by atoms with Gasteiger partial charge >= 0.3 is 5.97 Å². The molecule has 0 bridgehead atoms. The number of hydrogen-bond donors (Lipinski definition) is 2. The van der Waals surface area contributed by atoms with E-state index in [9.17, 15) is 4.79 Å². The summed E-state index contributed by atoms with van der Waals surface area (Å²) in [5, 5.41) is 8.98. The Morgan fingerprint density at radius 1 is 1.29 bits per heavy atom. The van der Waals surface area contributed by atoms with E-state index in [1.807, 2.05) is 0 Å². The zero-order valence-corrected chi connectivity index (χ0v) is 10.4. The number of benzene rings is 1.